The first-order valence-corrected chi connectivity index (χ1v) is 10.3. The highest BCUT2D eigenvalue weighted by Crippen LogP contribution is 2.21. The van der Waals surface area contributed by atoms with Gasteiger partial charge in [-0.1, -0.05) is 18.2 Å². The van der Waals surface area contributed by atoms with Crippen LogP contribution in [0.25, 0.3) is 0 Å². The minimum atomic E-state index is -3.78. The molecule has 2 rings (SSSR count). The van der Waals surface area contributed by atoms with Crippen molar-refractivity contribution in [1.82, 2.24) is 10.2 Å². The number of carbonyl (C=O) groups is 1. The third-order valence-electron chi connectivity index (χ3n) is 4.11. The van der Waals surface area contributed by atoms with E-state index in [1.807, 2.05) is 45.0 Å². The van der Waals surface area contributed by atoms with Gasteiger partial charge in [0, 0.05) is 12.1 Å². The first-order valence-electron chi connectivity index (χ1n) is 8.82. The number of amides is 1. The van der Waals surface area contributed by atoms with Crippen LogP contribution in [0.15, 0.2) is 47.4 Å². The third kappa shape index (κ3) is 6.08. The second kappa shape index (κ2) is 9.01. The van der Waals surface area contributed by atoms with Crippen LogP contribution >= 0.6 is 0 Å². The van der Waals surface area contributed by atoms with E-state index in [0.717, 1.165) is 24.1 Å². The number of nitrogens with one attached hydrogen (secondary N) is 2. The van der Waals surface area contributed by atoms with E-state index < -0.39 is 10.0 Å². The lowest BCUT2D eigenvalue weighted by atomic mass is 10.1. The van der Waals surface area contributed by atoms with Crippen molar-refractivity contribution >= 4 is 21.6 Å². The molecule has 0 saturated carbocycles. The number of sulfonamides is 1. The fourth-order valence-corrected chi connectivity index (χ4v) is 3.72. The third-order valence-corrected chi connectivity index (χ3v) is 5.47. The fraction of sp³-hybridized carbons (Fsp3) is 0.350. The monoisotopic (exact) mass is 389 g/mol. The highest BCUT2D eigenvalue weighted by atomic mass is 32.2. The minimum absolute atomic E-state index is 0.0596. The molecule has 2 aromatic rings. The molecule has 1 amide bonds. The Morgan fingerprint density at radius 3 is 2.52 bits per heavy atom. The van der Waals surface area contributed by atoms with Crippen molar-refractivity contribution in [2.75, 3.05) is 31.9 Å². The maximum absolute atomic E-state index is 12.7. The Hall–Kier alpha value is -2.38. The highest BCUT2D eigenvalue weighted by molar-refractivity contribution is 7.92. The van der Waals surface area contributed by atoms with Gasteiger partial charge in [-0.05, 0) is 76.3 Å². The molecule has 2 aromatic carbocycles. The van der Waals surface area contributed by atoms with Gasteiger partial charge in [0.05, 0.1) is 10.6 Å². The van der Waals surface area contributed by atoms with Gasteiger partial charge in [-0.15, -0.1) is 0 Å². The molecule has 0 aliphatic heterocycles. The molecule has 0 radical (unpaired) electrons. The lowest BCUT2D eigenvalue weighted by Gasteiger charge is -2.13. The van der Waals surface area contributed by atoms with Gasteiger partial charge in [-0.2, -0.15) is 0 Å². The number of hydrogen-bond donors (Lipinski definition) is 2. The molecule has 0 heterocycles. The summed E-state index contributed by atoms with van der Waals surface area (Å²) in [5, 5.41) is 2.82. The molecule has 0 atom stereocenters. The molecule has 0 spiro atoms. The molecule has 2 N–H and O–H groups in total. The average Bonchev–Trinajstić information content (AvgIpc) is 2.61. The fourth-order valence-electron chi connectivity index (χ4n) is 2.55. The van der Waals surface area contributed by atoms with Gasteiger partial charge in [0.2, 0.25) is 0 Å². The Balaban J connectivity index is 2.13. The lowest BCUT2D eigenvalue weighted by molar-refractivity contribution is 0.0952. The van der Waals surface area contributed by atoms with Crippen LogP contribution in [0.1, 0.15) is 27.9 Å². The predicted octanol–water partition coefficient (Wildman–Crippen LogP) is 2.79. The Morgan fingerprint density at radius 2 is 1.81 bits per heavy atom. The summed E-state index contributed by atoms with van der Waals surface area (Å²) in [7, 11) is 0.161. The smallest absolute Gasteiger partial charge is 0.261 e. The normalized spacial score (nSPS) is 11.4. The highest BCUT2D eigenvalue weighted by Gasteiger charge is 2.17. The van der Waals surface area contributed by atoms with Crippen molar-refractivity contribution in [3.8, 4) is 0 Å². The Morgan fingerprint density at radius 1 is 1.07 bits per heavy atom. The van der Waals surface area contributed by atoms with Crippen molar-refractivity contribution in [2.45, 2.75) is 25.2 Å². The summed E-state index contributed by atoms with van der Waals surface area (Å²) in [6.07, 6.45) is 0.824. The predicted molar refractivity (Wildman–Crippen MR) is 109 cm³/mol. The van der Waals surface area contributed by atoms with Gasteiger partial charge in [0.15, 0.2) is 0 Å². The Labute approximate surface area is 161 Å². The Bertz CT molecular complexity index is 908. The summed E-state index contributed by atoms with van der Waals surface area (Å²) >= 11 is 0. The first-order chi connectivity index (χ1) is 12.7. The second-order valence-electron chi connectivity index (χ2n) is 6.86. The lowest BCUT2D eigenvalue weighted by Crippen LogP contribution is -2.27. The van der Waals surface area contributed by atoms with Crippen LogP contribution in [0.5, 0.6) is 0 Å². The maximum atomic E-state index is 12.7. The molecule has 0 aliphatic carbocycles. The van der Waals surface area contributed by atoms with E-state index in [1.54, 1.807) is 18.2 Å². The van der Waals surface area contributed by atoms with E-state index in [4.69, 9.17) is 0 Å². The molecule has 27 heavy (non-hydrogen) atoms. The zero-order valence-corrected chi connectivity index (χ0v) is 17.1. The van der Waals surface area contributed by atoms with Crippen LogP contribution in [0, 0.1) is 13.8 Å². The summed E-state index contributed by atoms with van der Waals surface area (Å²) in [4.78, 5) is 14.4. The standard InChI is InChI=1S/C20H27N3O3S/c1-15-9-10-16(2)19(13-15)22-27(25,26)18-8-5-7-17(14-18)20(24)21-11-6-12-23(3)4/h5,7-10,13-14,22H,6,11-12H2,1-4H3,(H,21,24). The molecule has 0 aliphatic rings. The van der Waals surface area contributed by atoms with Crippen LogP contribution in [-0.2, 0) is 10.0 Å². The van der Waals surface area contributed by atoms with E-state index in [0.29, 0.717) is 17.8 Å². The zero-order valence-electron chi connectivity index (χ0n) is 16.2. The summed E-state index contributed by atoms with van der Waals surface area (Å²) in [6, 6.07) is 11.6. The topological polar surface area (TPSA) is 78.5 Å². The Kier molecular flexibility index (Phi) is 6.98. The molecule has 0 unspecified atom stereocenters. The molecular weight excluding hydrogens is 362 g/mol. The van der Waals surface area contributed by atoms with E-state index in [-0.39, 0.29) is 10.8 Å². The van der Waals surface area contributed by atoms with Crippen molar-refractivity contribution in [3.63, 3.8) is 0 Å². The van der Waals surface area contributed by atoms with Crippen molar-refractivity contribution in [3.05, 3.63) is 59.2 Å². The zero-order chi connectivity index (χ0) is 20.0. The van der Waals surface area contributed by atoms with Gasteiger partial charge < -0.3 is 10.2 Å². The van der Waals surface area contributed by atoms with Crippen molar-refractivity contribution < 1.29 is 13.2 Å². The number of nitrogens with zero attached hydrogens (tertiary/aromatic N) is 1. The van der Waals surface area contributed by atoms with Gasteiger partial charge in [0.1, 0.15) is 0 Å². The van der Waals surface area contributed by atoms with Crippen molar-refractivity contribution in [2.24, 2.45) is 0 Å². The molecule has 0 fully saturated rings. The van der Waals surface area contributed by atoms with Crippen LogP contribution in [-0.4, -0.2) is 46.4 Å². The number of benzene rings is 2. The van der Waals surface area contributed by atoms with Gasteiger partial charge in [-0.3, -0.25) is 9.52 Å². The van der Waals surface area contributed by atoms with Crippen molar-refractivity contribution in [1.29, 1.82) is 0 Å². The largest absolute Gasteiger partial charge is 0.352 e. The second-order valence-corrected chi connectivity index (χ2v) is 8.55. The van der Waals surface area contributed by atoms with Crippen LogP contribution in [0.3, 0.4) is 0 Å². The summed E-state index contributed by atoms with van der Waals surface area (Å²) in [5.74, 6) is -0.280. The van der Waals surface area contributed by atoms with Gasteiger partial charge in [0.25, 0.3) is 15.9 Å². The summed E-state index contributed by atoms with van der Waals surface area (Å²) < 4.78 is 28.1. The molecule has 7 heteroatoms. The van der Waals surface area contributed by atoms with E-state index >= 15 is 0 Å². The number of rotatable bonds is 8. The van der Waals surface area contributed by atoms with E-state index in [1.165, 1.54) is 12.1 Å². The molecule has 0 aromatic heterocycles. The van der Waals surface area contributed by atoms with Crippen LogP contribution in [0.4, 0.5) is 5.69 Å². The SMILES string of the molecule is Cc1ccc(C)c(NS(=O)(=O)c2cccc(C(=O)NCCCN(C)C)c2)c1. The average molecular weight is 390 g/mol. The van der Waals surface area contributed by atoms with Gasteiger partial charge >= 0.3 is 0 Å². The number of aryl methyl sites for hydroxylation is 2. The molecule has 0 saturated heterocycles. The minimum Gasteiger partial charge on any atom is -0.352 e. The number of anilines is 1. The summed E-state index contributed by atoms with van der Waals surface area (Å²) in [6.45, 7) is 5.15. The van der Waals surface area contributed by atoms with Crippen LogP contribution in [0.2, 0.25) is 0 Å². The summed E-state index contributed by atoms with van der Waals surface area (Å²) in [5.41, 5.74) is 2.65. The first kappa shape index (κ1) is 20.9. The van der Waals surface area contributed by atoms with E-state index in [9.17, 15) is 13.2 Å². The molecular formula is C20H27N3O3S. The van der Waals surface area contributed by atoms with Gasteiger partial charge in [-0.25, -0.2) is 8.42 Å². The molecule has 0 bridgehead atoms. The van der Waals surface area contributed by atoms with E-state index in [2.05, 4.69) is 10.0 Å². The maximum Gasteiger partial charge on any atom is 0.261 e. The van der Waals surface area contributed by atoms with Crippen LogP contribution < -0.4 is 10.0 Å². The molecule has 146 valence electrons. The molecule has 6 nitrogen and oxygen atoms in total. The quantitative estimate of drug-likeness (QED) is 0.681. The number of carbonyl (C=O) groups excluding carboxylic acids is 1. The number of hydrogen-bond acceptors (Lipinski definition) is 4.